The summed E-state index contributed by atoms with van der Waals surface area (Å²) in [5, 5.41) is 4.06. The van der Waals surface area contributed by atoms with Crippen LogP contribution in [0.5, 0.6) is 0 Å². The number of pyridine rings is 3. The molecule has 4 aromatic rings. The second kappa shape index (κ2) is 7.64. The zero-order valence-electron chi connectivity index (χ0n) is 15.8. The molecule has 0 aliphatic carbocycles. The van der Waals surface area contributed by atoms with E-state index in [4.69, 9.17) is 11.6 Å². The van der Waals surface area contributed by atoms with Crippen molar-refractivity contribution in [2.75, 3.05) is 5.32 Å². The van der Waals surface area contributed by atoms with Crippen molar-refractivity contribution in [3.05, 3.63) is 87.3 Å². The Morgan fingerprint density at radius 3 is 2.79 bits per heavy atom. The van der Waals surface area contributed by atoms with Crippen molar-refractivity contribution in [3.8, 4) is 11.1 Å². The molecule has 4 rings (SSSR count). The van der Waals surface area contributed by atoms with Crippen molar-refractivity contribution in [3.63, 3.8) is 0 Å². The van der Waals surface area contributed by atoms with E-state index in [0.29, 0.717) is 16.8 Å². The number of aryl methyl sites for hydroxylation is 1. The number of halogens is 2. The fourth-order valence-electron chi connectivity index (χ4n) is 3.35. The zero-order valence-corrected chi connectivity index (χ0v) is 16.6. The first-order chi connectivity index (χ1) is 13.9. The highest BCUT2D eigenvalue weighted by atomic mass is 35.5. The minimum Gasteiger partial charge on any atom is -0.363 e. The van der Waals surface area contributed by atoms with Crippen LogP contribution < -0.4 is 10.9 Å². The molecule has 0 saturated heterocycles. The van der Waals surface area contributed by atoms with E-state index in [-0.39, 0.29) is 22.1 Å². The fraction of sp³-hybridized carbons (Fsp3) is 0.136. The monoisotopic (exact) mass is 408 g/mol. The van der Waals surface area contributed by atoms with E-state index >= 15 is 0 Å². The van der Waals surface area contributed by atoms with Gasteiger partial charge in [-0.1, -0.05) is 11.6 Å². The largest absolute Gasteiger partial charge is 0.363 e. The molecule has 0 aliphatic heterocycles. The van der Waals surface area contributed by atoms with E-state index in [1.807, 2.05) is 38.2 Å². The van der Waals surface area contributed by atoms with Gasteiger partial charge < -0.3 is 10.3 Å². The highest BCUT2D eigenvalue weighted by Gasteiger charge is 2.14. The number of nitrogens with zero attached hydrogens (tertiary/aromatic N) is 2. The van der Waals surface area contributed by atoms with Gasteiger partial charge in [-0.2, -0.15) is 0 Å². The Balaban J connectivity index is 1.67. The molecular weight excluding hydrogens is 391 g/mol. The molecule has 0 saturated carbocycles. The van der Waals surface area contributed by atoms with Gasteiger partial charge in [-0.05, 0) is 66.9 Å². The third kappa shape index (κ3) is 3.84. The van der Waals surface area contributed by atoms with Crippen molar-refractivity contribution in [2.24, 2.45) is 0 Å². The number of hydrogen-bond donors (Lipinski definition) is 2. The van der Waals surface area contributed by atoms with E-state index in [0.717, 1.165) is 16.7 Å². The van der Waals surface area contributed by atoms with Crippen molar-refractivity contribution in [1.29, 1.82) is 0 Å². The Labute approximate surface area is 171 Å². The molecule has 0 spiro atoms. The fourth-order valence-corrected chi connectivity index (χ4v) is 3.57. The summed E-state index contributed by atoms with van der Waals surface area (Å²) in [5.74, 6) is 0.0711. The quantitative estimate of drug-likeness (QED) is 0.483. The van der Waals surface area contributed by atoms with Gasteiger partial charge in [-0.25, -0.2) is 9.37 Å². The molecular formula is C22H18ClFN4O. The van der Waals surface area contributed by atoms with Crippen molar-refractivity contribution in [2.45, 2.75) is 19.9 Å². The lowest BCUT2D eigenvalue weighted by atomic mass is 10.0. The summed E-state index contributed by atoms with van der Waals surface area (Å²) in [6, 6.07) is 9.89. The van der Waals surface area contributed by atoms with Crippen molar-refractivity contribution in [1.82, 2.24) is 15.0 Å². The number of anilines is 1. The van der Waals surface area contributed by atoms with Crippen LogP contribution in [0.25, 0.3) is 22.0 Å². The zero-order chi connectivity index (χ0) is 20.5. The van der Waals surface area contributed by atoms with Crippen LogP contribution in [0.2, 0.25) is 5.02 Å². The molecule has 29 heavy (non-hydrogen) atoms. The van der Waals surface area contributed by atoms with Gasteiger partial charge in [-0.15, -0.1) is 0 Å². The number of hydrogen-bond acceptors (Lipinski definition) is 4. The summed E-state index contributed by atoms with van der Waals surface area (Å²) in [5.41, 5.74) is 3.36. The van der Waals surface area contributed by atoms with Gasteiger partial charge in [0.15, 0.2) is 0 Å². The smallest absolute Gasteiger partial charge is 0.253 e. The first kappa shape index (κ1) is 19.1. The Bertz CT molecular complexity index is 1270. The minimum absolute atomic E-state index is 0.142. The minimum atomic E-state index is -0.557. The molecule has 0 fully saturated rings. The van der Waals surface area contributed by atoms with Gasteiger partial charge in [0.05, 0.1) is 11.6 Å². The average Bonchev–Trinajstić information content (AvgIpc) is 2.68. The first-order valence-electron chi connectivity index (χ1n) is 9.08. The molecule has 5 nitrogen and oxygen atoms in total. The summed E-state index contributed by atoms with van der Waals surface area (Å²) >= 11 is 5.95. The third-order valence-electron chi connectivity index (χ3n) is 4.82. The first-order valence-corrected chi connectivity index (χ1v) is 9.46. The predicted molar refractivity (Wildman–Crippen MR) is 114 cm³/mol. The Kier molecular flexibility index (Phi) is 5.03. The summed E-state index contributed by atoms with van der Waals surface area (Å²) in [6.07, 6.45) is 5.27. The Morgan fingerprint density at radius 1 is 1.17 bits per heavy atom. The van der Waals surface area contributed by atoms with Crippen LogP contribution in [-0.2, 0) is 0 Å². The maximum atomic E-state index is 14.1. The summed E-state index contributed by atoms with van der Waals surface area (Å²) in [6.45, 7) is 3.85. The molecule has 1 unspecified atom stereocenters. The maximum absolute atomic E-state index is 14.1. The Morgan fingerprint density at radius 2 is 2.00 bits per heavy atom. The number of H-pyrrole nitrogens is 1. The van der Waals surface area contributed by atoms with E-state index in [2.05, 4.69) is 20.3 Å². The highest BCUT2D eigenvalue weighted by Crippen LogP contribution is 2.26. The van der Waals surface area contributed by atoms with Gasteiger partial charge in [0.2, 0.25) is 0 Å². The van der Waals surface area contributed by atoms with Crippen molar-refractivity contribution < 1.29 is 4.39 Å². The van der Waals surface area contributed by atoms with Gasteiger partial charge >= 0.3 is 0 Å². The molecule has 146 valence electrons. The SMILES string of the molecule is Cc1cnccc1-c1ccnc(NC(C)c2cc3cc(Cl)cc(F)c3[nH]c2=O)c1. The lowest BCUT2D eigenvalue weighted by Gasteiger charge is -2.16. The lowest BCUT2D eigenvalue weighted by Crippen LogP contribution is -2.20. The molecule has 7 heteroatoms. The van der Waals surface area contributed by atoms with Crippen LogP contribution in [0, 0.1) is 12.7 Å². The van der Waals surface area contributed by atoms with Gasteiger partial charge in [0.25, 0.3) is 5.56 Å². The summed E-state index contributed by atoms with van der Waals surface area (Å²) < 4.78 is 14.1. The van der Waals surface area contributed by atoms with Gasteiger partial charge in [0.1, 0.15) is 11.6 Å². The summed E-state index contributed by atoms with van der Waals surface area (Å²) in [7, 11) is 0. The Hall–Kier alpha value is -3.25. The molecule has 2 N–H and O–H groups in total. The number of aromatic amines is 1. The predicted octanol–water partition coefficient (Wildman–Crippen LogP) is 5.26. The van der Waals surface area contributed by atoms with Crippen LogP contribution in [0.15, 0.2) is 59.8 Å². The van der Waals surface area contributed by atoms with Gasteiger partial charge in [-0.3, -0.25) is 9.78 Å². The van der Waals surface area contributed by atoms with E-state index < -0.39 is 5.82 Å². The number of rotatable bonds is 4. The van der Waals surface area contributed by atoms with Crippen molar-refractivity contribution >= 4 is 28.3 Å². The maximum Gasteiger partial charge on any atom is 0.253 e. The van der Waals surface area contributed by atoms with E-state index in [1.54, 1.807) is 24.5 Å². The molecule has 1 atom stereocenters. The highest BCUT2D eigenvalue weighted by molar-refractivity contribution is 6.31. The molecule has 0 aliphatic rings. The standard InChI is InChI=1S/C22H18ClFN4O/c1-12-11-25-5-4-17(12)14-3-6-26-20(9-14)27-13(2)18-8-15-7-16(23)10-19(24)21(15)28-22(18)29/h3-11,13H,1-2H3,(H,26,27)(H,28,29). The van der Waals surface area contributed by atoms with Gasteiger partial charge in [0, 0.05) is 34.6 Å². The molecule has 3 heterocycles. The van der Waals surface area contributed by atoms with Crippen LogP contribution in [0.1, 0.15) is 24.1 Å². The van der Waals surface area contributed by atoms with Crippen LogP contribution >= 0.6 is 11.6 Å². The number of benzene rings is 1. The lowest BCUT2D eigenvalue weighted by molar-refractivity contribution is 0.636. The number of nitrogens with one attached hydrogen (secondary N) is 2. The molecule has 0 amide bonds. The topological polar surface area (TPSA) is 70.7 Å². The number of aromatic nitrogens is 3. The second-order valence-corrected chi connectivity index (χ2v) is 7.33. The average molecular weight is 409 g/mol. The van der Waals surface area contributed by atoms with Crippen LogP contribution in [-0.4, -0.2) is 15.0 Å². The van der Waals surface area contributed by atoms with Crippen LogP contribution in [0.4, 0.5) is 10.2 Å². The second-order valence-electron chi connectivity index (χ2n) is 6.89. The molecule has 0 radical (unpaired) electrons. The van der Waals surface area contributed by atoms with Crippen LogP contribution in [0.3, 0.4) is 0 Å². The molecule has 3 aromatic heterocycles. The molecule has 0 bridgehead atoms. The number of fused-ring (bicyclic) bond motifs is 1. The molecule has 1 aromatic carbocycles. The normalized spacial score (nSPS) is 12.1. The summed E-state index contributed by atoms with van der Waals surface area (Å²) in [4.78, 5) is 23.6. The van der Waals surface area contributed by atoms with E-state index in [9.17, 15) is 9.18 Å². The third-order valence-corrected chi connectivity index (χ3v) is 5.04. The van der Waals surface area contributed by atoms with E-state index in [1.165, 1.54) is 6.07 Å².